The molecule has 0 bridgehead atoms. The molecule has 0 spiro atoms. The number of primary amides is 1. The van der Waals surface area contributed by atoms with Gasteiger partial charge >= 0.3 is 0 Å². The van der Waals surface area contributed by atoms with E-state index < -0.39 is 0 Å². The summed E-state index contributed by atoms with van der Waals surface area (Å²) in [5.74, 6) is 3.09. The van der Waals surface area contributed by atoms with E-state index in [1.54, 1.807) is 6.20 Å². The predicted molar refractivity (Wildman–Crippen MR) is 137 cm³/mol. The topological polar surface area (TPSA) is 137 Å². The molecule has 38 heavy (non-hydrogen) atoms. The molecule has 196 valence electrons. The molecule has 2 fully saturated rings. The summed E-state index contributed by atoms with van der Waals surface area (Å²) in [6, 6.07) is 7.66. The number of hydrogen-bond acceptors (Lipinski definition) is 8. The highest BCUT2D eigenvalue weighted by Crippen LogP contribution is 2.39. The van der Waals surface area contributed by atoms with Crippen molar-refractivity contribution in [3.05, 3.63) is 41.9 Å². The number of imidazole rings is 1. The lowest BCUT2D eigenvalue weighted by molar-refractivity contribution is -0.133. The SMILES string of the molecule is NC(=O)C1Cc2nc(-c3ccc4c(c3)OCO4)n(-c3ccnc(N[C@@H]4CCCN(C(=O)C5CC5)C4)n3)c2C1. The number of ether oxygens (including phenoxy) is 2. The van der Waals surface area contributed by atoms with Crippen molar-refractivity contribution in [3.63, 3.8) is 0 Å². The molecule has 7 rings (SSSR count). The molecule has 2 aromatic heterocycles. The molecule has 0 radical (unpaired) electrons. The lowest BCUT2D eigenvalue weighted by Gasteiger charge is -2.33. The number of anilines is 1. The average Bonchev–Trinajstić information content (AvgIpc) is 3.35. The Hall–Kier alpha value is -4.15. The van der Waals surface area contributed by atoms with Gasteiger partial charge in [-0.15, -0.1) is 0 Å². The van der Waals surface area contributed by atoms with E-state index in [2.05, 4.69) is 10.3 Å². The van der Waals surface area contributed by atoms with Gasteiger partial charge in [0.1, 0.15) is 11.6 Å². The van der Waals surface area contributed by atoms with E-state index in [4.69, 9.17) is 25.2 Å². The molecule has 1 saturated heterocycles. The summed E-state index contributed by atoms with van der Waals surface area (Å²) in [6.45, 7) is 1.66. The number of fused-ring (bicyclic) bond motifs is 2. The Balaban J connectivity index is 1.21. The Labute approximate surface area is 219 Å². The molecule has 1 saturated carbocycles. The number of carbonyl (C=O) groups excluding carboxylic acids is 2. The number of piperidine rings is 1. The lowest BCUT2D eigenvalue weighted by Crippen LogP contribution is -2.45. The molecule has 3 N–H and O–H groups in total. The fourth-order valence-electron chi connectivity index (χ4n) is 5.70. The Kier molecular flexibility index (Phi) is 5.45. The van der Waals surface area contributed by atoms with E-state index >= 15 is 0 Å². The second-order valence-corrected chi connectivity index (χ2v) is 10.5. The monoisotopic (exact) mass is 515 g/mol. The van der Waals surface area contributed by atoms with E-state index in [1.807, 2.05) is 33.7 Å². The standard InChI is InChI=1S/C27H29N7O4/c28-24(35)17-10-19-20(11-17)34(25(31-19)16-5-6-21-22(12-16)38-14-37-21)23-7-8-29-27(32-23)30-18-2-1-9-33(13-18)26(36)15-3-4-15/h5-8,12,15,17-18H,1-4,9-11,13-14H2,(H2,28,35)(H,29,30,32)/t17?,18-/m1/s1. The molecule has 1 unspecified atom stereocenters. The van der Waals surface area contributed by atoms with Crippen LogP contribution in [0, 0.1) is 11.8 Å². The number of likely N-dealkylation sites (tertiary alicyclic amines) is 1. The van der Waals surface area contributed by atoms with Crippen LogP contribution in [0.25, 0.3) is 17.2 Å². The first-order valence-corrected chi connectivity index (χ1v) is 13.2. The maximum absolute atomic E-state index is 12.6. The molecule has 1 aromatic carbocycles. The zero-order valence-electron chi connectivity index (χ0n) is 20.9. The molecule has 11 nitrogen and oxygen atoms in total. The van der Waals surface area contributed by atoms with Crippen LogP contribution in [0.5, 0.6) is 11.5 Å². The molecule has 2 aliphatic heterocycles. The fraction of sp³-hybridized carbons (Fsp3) is 0.444. The van der Waals surface area contributed by atoms with E-state index in [0.29, 0.717) is 48.5 Å². The van der Waals surface area contributed by atoms with Crippen molar-refractivity contribution in [2.24, 2.45) is 17.6 Å². The van der Waals surface area contributed by atoms with Crippen LogP contribution >= 0.6 is 0 Å². The third-order valence-corrected chi connectivity index (χ3v) is 7.83. The van der Waals surface area contributed by atoms with Gasteiger partial charge in [0, 0.05) is 61.3 Å². The van der Waals surface area contributed by atoms with E-state index in [1.165, 1.54) is 0 Å². The van der Waals surface area contributed by atoms with Crippen molar-refractivity contribution in [2.75, 3.05) is 25.2 Å². The third kappa shape index (κ3) is 4.11. The van der Waals surface area contributed by atoms with Crippen molar-refractivity contribution in [2.45, 2.75) is 44.6 Å². The number of amides is 2. The summed E-state index contributed by atoms with van der Waals surface area (Å²) < 4.78 is 13.1. The highest BCUT2D eigenvalue weighted by Gasteiger charge is 2.36. The van der Waals surface area contributed by atoms with Crippen LogP contribution < -0.4 is 20.5 Å². The number of nitrogens with two attached hydrogens (primary N) is 1. The van der Waals surface area contributed by atoms with Crippen LogP contribution in [0.4, 0.5) is 5.95 Å². The molecule has 2 aliphatic carbocycles. The fourth-order valence-corrected chi connectivity index (χ4v) is 5.70. The second kappa shape index (κ2) is 9.00. The molecule has 3 aromatic rings. The van der Waals surface area contributed by atoms with Crippen molar-refractivity contribution < 1.29 is 19.1 Å². The summed E-state index contributed by atoms with van der Waals surface area (Å²) in [5.41, 5.74) is 8.27. The van der Waals surface area contributed by atoms with Gasteiger partial charge in [0.2, 0.25) is 24.6 Å². The number of aromatic nitrogens is 4. The third-order valence-electron chi connectivity index (χ3n) is 7.83. The summed E-state index contributed by atoms with van der Waals surface area (Å²) in [6.07, 6.45) is 6.64. The Morgan fingerprint density at radius 2 is 1.89 bits per heavy atom. The number of nitrogens with zero attached hydrogens (tertiary/aromatic N) is 5. The first-order valence-electron chi connectivity index (χ1n) is 13.2. The van der Waals surface area contributed by atoms with Gasteiger partial charge < -0.3 is 25.4 Å². The summed E-state index contributed by atoms with van der Waals surface area (Å²) >= 11 is 0. The van der Waals surface area contributed by atoms with Crippen molar-refractivity contribution >= 4 is 17.8 Å². The molecule has 11 heteroatoms. The average molecular weight is 516 g/mol. The number of benzene rings is 1. The zero-order chi connectivity index (χ0) is 25.8. The van der Waals surface area contributed by atoms with Gasteiger partial charge in [0.25, 0.3) is 0 Å². The van der Waals surface area contributed by atoms with E-state index in [-0.39, 0.29) is 36.5 Å². The van der Waals surface area contributed by atoms with Crippen LogP contribution in [0.3, 0.4) is 0 Å². The van der Waals surface area contributed by atoms with Crippen LogP contribution in [0.1, 0.15) is 37.1 Å². The molecule has 4 heterocycles. The quantitative estimate of drug-likeness (QED) is 0.509. The van der Waals surface area contributed by atoms with Gasteiger partial charge in [0.05, 0.1) is 5.69 Å². The number of rotatable bonds is 6. The minimum Gasteiger partial charge on any atom is -0.454 e. The summed E-state index contributed by atoms with van der Waals surface area (Å²) in [7, 11) is 0. The summed E-state index contributed by atoms with van der Waals surface area (Å²) in [4.78, 5) is 40.8. The minimum atomic E-state index is -0.327. The van der Waals surface area contributed by atoms with Gasteiger partial charge in [-0.3, -0.25) is 14.2 Å². The Bertz CT molecular complexity index is 1430. The largest absolute Gasteiger partial charge is 0.454 e. The molecule has 2 atom stereocenters. The van der Waals surface area contributed by atoms with Crippen LogP contribution in [-0.2, 0) is 22.4 Å². The van der Waals surface area contributed by atoms with Gasteiger partial charge in [-0.05, 0) is 49.9 Å². The first kappa shape index (κ1) is 23.0. The Morgan fingerprint density at radius 1 is 1.03 bits per heavy atom. The predicted octanol–water partition coefficient (Wildman–Crippen LogP) is 2.07. The number of hydrogen-bond donors (Lipinski definition) is 2. The second-order valence-electron chi connectivity index (χ2n) is 10.5. The first-order chi connectivity index (χ1) is 18.5. The van der Waals surface area contributed by atoms with Crippen LogP contribution in [0.15, 0.2) is 30.5 Å². The van der Waals surface area contributed by atoms with E-state index in [0.717, 1.165) is 49.2 Å². The smallest absolute Gasteiger partial charge is 0.231 e. The highest BCUT2D eigenvalue weighted by atomic mass is 16.7. The van der Waals surface area contributed by atoms with Crippen molar-refractivity contribution in [3.8, 4) is 28.7 Å². The maximum Gasteiger partial charge on any atom is 0.231 e. The van der Waals surface area contributed by atoms with Gasteiger partial charge in [-0.1, -0.05) is 0 Å². The van der Waals surface area contributed by atoms with Crippen LogP contribution in [0.2, 0.25) is 0 Å². The summed E-state index contributed by atoms with van der Waals surface area (Å²) in [5, 5.41) is 3.45. The molecule has 2 amide bonds. The molecular formula is C27H29N7O4. The molecular weight excluding hydrogens is 486 g/mol. The van der Waals surface area contributed by atoms with Crippen LogP contribution in [-0.4, -0.2) is 62.2 Å². The lowest BCUT2D eigenvalue weighted by atomic mass is 10.1. The highest BCUT2D eigenvalue weighted by molar-refractivity contribution is 5.81. The molecule has 4 aliphatic rings. The number of carbonyl (C=O) groups is 2. The van der Waals surface area contributed by atoms with Crippen molar-refractivity contribution in [1.82, 2.24) is 24.4 Å². The normalized spacial score (nSPS) is 21.8. The maximum atomic E-state index is 12.6. The van der Waals surface area contributed by atoms with Gasteiger partial charge in [0.15, 0.2) is 11.5 Å². The Morgan fingerprint density at radius 3 is 2.74 bits per heavy atom. The van der Waals surface area contributed by atoms with E-state index in [9.17, 15) is 9.59 Å². The van der Waals surface area contributed by atoms with Gasteiger partial charge in [-0.2, -0.15) is 4.98 Å². The van der Waals surface area contributed by atoms with Gasteiger partial charge in [-0.25, -0.2) is 9.97 Å². The minimum absolute atomic E-state index is 0.0859. The number of nitrogens with one attached hydrogen (secondary N) is 1. The zero-order valence-corrected chi connectivity index (χ0v) is 20.9. The van der Waals surface area contributed by atoms with Crippen molar-refractivity contribution in [1.29, 1.82) is 0 Å².